The zero-order chi connectivity index (χ0) is 26.2. The molecule has 0 spiro atoms. The normalized spacial score (nSPS) is 16.0. The molecular formula is C25H30ClN7O3S. The number of benzene rings is 1. The Kier molecular flexibility index (Phi) is 7.11. The van der Waals surface area contributed by atoms with Gasteiger partial charge in [0.25, 0.3) is 0 Å². The van der Waals surface area contributed by atoms with Gasteiger partial charge in [0.05, 0.1) is 28.9 Å². The standard InChI is InChI=1S/C25H30ClN7O3S/c1-15(2)37(34,35)24-21(14-33(3)32-24)29-23-19(26)13-28-25(31-23)30-20-7-4-17(16-8-10-27-11-9-16)12-22(20)36-18-5-6-18/h4,7-8,12-15,18,27H,5-6,9-11H2,1-3H3,(H2,28,29,30,31). The molecule has 1 aliphatic carbocycles. The Balaban J connectivity index is 1.43. The molecule has 5 rings (SSSR count). The molecule has 1 aromatic carbocycles. The molecule has 37 heavy (non-hydrogen) atoms. The second-order valence-corrected chi connectivity index (χ2v) is 12.3. The van der Waals surface area contributed by atoms with E-state index in [4.69, 9.17) is 16.3 Å². The predicted octanol–water partition coefficient (Wildman–Crippen LogP) is 4.45. The molecule has 10 nitrogen and oxygen atoms in total. The first-order valence-corrected chi connectivity index (χ1v) is 14.2. The zero-order valence-electron chi connectivity index (χ0n) is 21.0. The summed E-state index contributed by atoms with van der Waals surface area (Å²) in [6, 6.07) is 6.09. The molecule has 0 amide bonds. The van der Waals surface area contributed by atoms with E-state index >= 15 is 0 Å². The van der Waals surface area contributed by atoms with E-state index in [1.807, 2.05) is 6.07 Å². The highest BCUT2D eigenvalue weighted by Crippen LogP contribution is 2.37. The Labute approximate surface area is 221 Å². The quantitative estimate of drug-likeness (QED) is 0.359. The van der Waals surface area contributed by atoms with Crippen molar-refractivity contribution in [2.24, 2.45) is 7.05 Å². The van der Waals surface area contributed by atoms with Crippen LogP contribution >= 0.6 is 11.6 Å². The largest absolute Gasteiger partial charge is 0.488 e. The number of halogens is 1. The fourth-order valence-electron chi connectivity index (χ4n) is 3.92. The Morgan fingerprint density at radius 1 is 1.22 bits per heavy atom. The molecule has 2 aromatic heterocycles. The van der Waals surface area contributed by atoms with E-state index in [1.54, 1.807) is 27.1 Å². The van der Waals surface area contributed by atoms with E-state index in [0.29, 0.717) is 11.6 Å². The average molecular weight is 544 g/mol. The summed E-state index contributed by atoms with van der Waals surface area (Å²) in [5.41, 5.74) is 3.46. The summed E-state index contributed by atoms with van der Waals surface area (Å²) in [5.74, 6) is 1.29. The number of rotatable bonds is 9. The maximum Gasteiger partial charge on any atom is 0.229 e. The molecule has 3 N–H and O–H groups in total. The Hall–Kier alpha value is -3.15. The summed E-state index contributed by atoms with van der Waals surface area (Å²) in [6.45, 7) is 5.04. The summed E-state index contributed by atoms with van der Waals surface area (Å²) >= 11 is 6.37. The summed E-state index contributed by atoms with van der Waals surface area (Å²) in [7, 11) is -1.97. The number of sulfone groups is 1. The van der Waals surface area contributed by atoms with Crippen molar-refractivity contribution >= 4 is 50.2 Å². The lowest BCUT2D eigenvalue weighted by Gasteiger charge is -2.18. The molecule has 2 aliphatic rings. The van der Waals surface area contributed by atoms with Crippen molar-refractivity contribution in [2.75, 3.05) is 23.7 Å². The molecule has 1 fully saturated rings. The number of hydrogen-bond acceptors (Lipinski definition) is 9. The number of nitrogens with zero attached hydrogens (tertiary/aromatic N) is 4. The highest BCUT2D eigenvalue weighted by atomic mass is 35.5. The lowest BCUT2D eigenvalue weighted by atomic mass is 9.99. The first kappa shape index (κ1) is 25.5. The van der Waals surface area contributed by atoms with Crippen LogP contribution in [0.5, 0.6) is 5.75 Å². The van der Waals surface area contributed by atoms with Gasteiger partial charge in [-0.15, -0.1) is 0 Å². The number of hydrogen-bond donors (Lipinski definition) is 3. The maximum absolute atomic E-state index is 12.8. The lowest BCUT2D eigenvalue weighted by molar-refractivity contribution is 0.304. The summed E-state index contributed by atoms with van der Waals surface area (Å²) in [6.07, 6.45) is 8.50. The summed E-state index contributed by atoms with van der Waals surface area (Å²) in [4.78, 5) is 8.84. The van der Waals surface area contributed by atoms with Crippen molar-refractivity contribution in [1.29, 1.82) is 0 Å². The van der Waals surface area contributed by atoms with Crippen LogP contribution in [0, 0.1) is 0 Å². The molecular weight excluding hydrogens is 514 g/mol. The monoisotopic (exact) mass is 543 g/mol. The highest BCUT2D eigenvalue weighted by molar-refractivity contribution is 7.92. The van der Waals surface area contributed by atoms with Gasteiger partial charge in [-0.3, -0.25) is 4.68 Å². The topological polar surface area (TPSA) is 123 Å². The average Bonchev–Trinajstić information content (AvgIpc) is 3.61. The molecule has 3 heterocycles. The zero-order valence-corrected chi connectivity index (χ0v) is 22.5. The van der Waals surface area contributed by atoms with E-state index in [2.05, 4.69) is 49.2 Å². The van der Waals surface area contributed by atoms with Crippen LogP contribution in [0.3, 0.4) is 0 Å². The number of aryl methyl sites for hydroxylation is 1. The Morgan fingerprint density at radius 3 is 2.73 bits per heavy atom. The molecule has 1 aliphatic heterocycles. The van der Waals surface area contributed by atoms with Gasteiger partial charge in [-0.1, -0.05) is 23.7 Å². The van der Waals surface area contributed by atoms with Crippen LogP contribution < -0.4 is 20.7 Å². The van der Waals surface area contributed by atoms with Crippen molar-refractivity contribution in [2.45, 2.75) is 49.5 Å². The molecule has 3 aromatic rings. The van der Waals surface area contributed by atoms with Crippen LogP contribution in [0.4, 0.5) is 23.1 Å². The number of aromatic nitrogens is 4. The highest BCUT2D eigenvalue weighted by Gasteiger charge is 2.28. The molecule has 0 radical (unpaired) electrons. The lowest BCUT2D eigenvalue weighted by Crippen LogP contribution is -2.20. The van der Waals surface area contributed by atoms with Crippen molar-refractivity contribution in [1.82, 2.24) is 25.1 Å². The van der Waals surface area contributed by atoms with Crippen LogP contribution in [-0.4, -0.2) is 52.6 Å². The van der Waals surface area contributed by atoms with Gasteiger partial charge >= 0.3 is 0 Å². The minimum Gasteiger partial charge on any atom is -0.488 e. The minimum absolute atomic E-state index is 0.0582. The number of anilines is 4. The first-order valence-electron chi connectivity index (χ1n) is 12.3. The van der Waals surface area contributed by atoms with Gasteiger partial charge in [-0.05, 0) is 62.9 Å². The van der Waals surface area contributed by atoms with Crippen molar-refractivity contribution in [3.05, 3.63) is 47.3 Å². The van der Waals surface area contributed by atoms with Gasteiger partial charge in [0, 0.05) is 19.8 Å². The van der Waals surface area contributed by atoms with E-state index < -0.39 is 15.1 Å². The first-order chi connectivity index (χ1) is 17.7. The van der Waals surface area contributed by atoms with Crippen LogP contribution in [0.1, 0.15) is 38.7 Å². The van der Waals surface area contributed by atoms with Gasteiger partial charge < -0.3 is 20.7 Å². The maximum atomic E-state index is 12.8. The SMILES string of the molecule is CC(C)S(=O)(=O)c1nn(C)cc1Nc1nc(Nc2ccc(C3=CCNCC3)cc2OC2CC2)ncc1Cl. The third-order valence-electron chi connectivity index (χ3n) is 6.16. The second kappa shape index (κ2) is 10.3. The Morgan fingerprint density at radius 2 is 2.03 bits per heavy atom. The van der Waals surface area contributed by atoms with E-state index in [9.17, 15) is 8.42 Å². The fourth-order valence-corrected chi connectivity index (χ4v) is 5.16. The molecule has 1 saturated carbocycles. The number of ether oxygens (including phenoxy) is 1. The van der Waals surface area contributed by atoms with Crippen molar-refractivity contribution in [3.8, 4) is 5.75 Å². The van der Waals surface area contributed by atoms with Crippen LogP contribution in [0.2, 0.25) is 5.02 Å². The second-order valence-electron chi connectivity index (χ2n) is 9.47. The molecule has 0 bridgehead atoms. The summed E-state index contributed by atoms with van der Waals surface area (Å²) in [5, 5.41) is 13.3. The molecule has 0 saturated heterocycles. The van der Waals surface area contributed by atoms with E-state index in [-0.39, 0.29) is 22.0 Å². The van der Waals surface area contributed by atoms with Gasteiger partial charge in [-0.2, -0.15) is 10.1 Å². The van der Waals surface area contributed by atoms with Crippen LogP contribution in [0.25, 0.3) is 5.57 Å². The number of nitrogens with one attached hydrogen (secondary N) is 3. The molecule has 0 atom stereocenters. The van der Waals surface area contributed by atoms with Gasteiger partial charge in [-0.25, -0.2) is 13.4 Å². The van der Waals surface area contributed by atoms with E-state index in [1.165, 1.54) is 16.5 Å². The van der Waals surface area contributed by atoms with Crippen molar-refractivity contribution < 1.29 is 13.2 Å². The molecule has 0 unspecified atom stereocenters. The van der Waals surface area contributed by atoms with Gasteiger partial charge in [0.15, 0.2) is 5.82 Å². The van der Waals surface area contributed by atoms with Gasteiger partial charge in [0.2, 0.25) is 20.8 Å². The van der Waals surface area contributed by atoms with E-state index in [0.717, 1.165) is 49.4 Å². The smallest absolute Gasteiger partial charge is 0.229 e. The predicted molar refractivity (Wildman–Crippen MR) is 145 cm³/mol. The van der Waals surface area contributed by atoms with Gasteiger partial charge in [0.1, 0.15) is 10.8 Å². The van der Waals surface area contributed by atoms with Crippen LogP contribution in [-0.2, 0) is 16.9 Å². The fraction of sp³-hybridized carbons (Fsp3) is 0.400. The minimum atomic E-state index is -3.62. The third kappa shape index (κ3) is 5.73. The summed E-state index contributed by atoms with van der Waals surface area (Å²) < 4.78 is 33.3. The Bertz CT molecular complexity index is 1450. The molecule has 12 heteroatoms. The molecule has 196 valence electrons. The third-order valence-corrected chi connectivity index (χ3v) is 8.52. The van der Waals surface area contributed by atoms with Crippen molar-refractivity contribution in [3.63, 3.8) is 0 Å². The van der Waals surface area contributed by atoms with Crippen LogP contribution in [0.15, 0.2) is 41.7 Å².